The third-order valence-electron chi connectivity index (χ3n) is 5.01. The molecule has 1 atom stereocenters. The van der Waals surface area contributed by atoms with Crippen molar-refractivity contribution in [3.8, 4) is 0 Å². The molecule has 27 heavy (non-hydrogen) atoms. The minimum atomic E-state index is -0.381. The molecule has 1 fully saturated rings. The number of aromatic nitrogens is 3. The SMILES string of the molecule is Cc1noc(C2CCCN(C(=O)CCCn3c(=O)oc4ccccc43)C2)n1. The van der Waals surface area contributed by atoms with Crippen molar-refractivity contribution >= 4 is 17.0 Å². The predicted molar refractivity (Wildman–Crippen MR) is 97.3 cm³/mol. The van der Waals surface area contributed by atoms with Crippen LogP contribution >= 0.6 is 0 Å². The van der Waals surface area contributed by atoms with Crippen LogP contribution in [0.1, 0.15) is 43.3 Å². The summed E-state index contributed by atoms with van der Waals surface area (Å²) in [5.41, 5.74) is 1.34. The molecule has 0 bridgehead atoms. The highest BCUT2D eigenvalue weighted by Gasteiger charge is 2.28. The van der Waals surface area contributed by atoms with Crippen molar-refractivity contribution < 1.29 is 13.7 Å². The Morgan fingerprint density at radius 2 is 2.19 bits per heavy atom. The molecule has 0 N–H and O–H groups in total. The summed E-state index contributed by atoms with van der Waals surface area (Å²) >= 11 is 0. The van der Waals surface area contributed by atoms with E-state index in [1.165, 1.54) is 0 Å². The van der Waals surface area contributed by atoms with Gasteiger partial charge in [-0.2, -0.15) is 4.98 Å². The van der Waals surface area contributed by atoms with Crippen LogP contribution in [0.2, 0.25) is 0 Å². The third-order valence-corrected chi connectivity index (χ3v) is 5.01. The lowest BCUT2D eigenvalue weighted by molar-refractivity contribution is -0.132. The van der Waals surface area contributed by atoms with Gasteiger partial charge in [0.2, 0.25) is 11.8 Å². The van der Waals surface area contributed by atoms with Crippen molar-refractivity contribution in [2.45, 2.75) is 45.1 Å². The van der Waals surface area contributed by atoms with Gasteiger partial charge in [0.05, 0.1) is 11.4 Å². The normalized spacial score (nSPS) is 17.5. The molecule has 3 heterocycles. The lowest BCUT2D eigenvalue weighted by Crippen LogP contribution is -2.39. The molecule has 0 aliphatic carbocycles. The maximum Gasteiger partial charge on any atom is 0.419 e. The number of rotatable bonds is 5. The quantitative estimate of drug-likeness (QED) is 0.685. The van der Waals surface area contributed by atoms with E-state index >= 15 is 0 Å². The Balaban J connectivity index is 1.35. The van der Waals surface area contributed by atoms with Crippen LogP contribution < -0.4 is 5.76 Å². The second-order valence-electron chi connectivity index (χ2n) is 6.95. The number of hydrogen-bond donors (Lipinski definition) is 0. The number of carbonyl (C=O) groups excluding carboxylic acids is 1. The van der Waals surface area contributed by atoms with Crippen molar-refractivity contribution in [1.82, 2.24) is 19.6 Å². The number of aryl methyl sites for hydroxylation is 2. The fraction of sp³-hybridized carbons (Fsp3) is 0.474. The molecule has 1 aromatic carbocycles. The average Bonchev–Trinajstić information content (AvgIpc) is 3.25. The first-order valence-electron chi connectivity index (χ1n) is 9.28. The molecule has 1 unspecified atom stereocenters. The van der Waals surface area contributed by atoms with Crippen LogP contribution in [0.25, 0.3) is 11.1 Å². The van der Waals surface area contributed by atoms with Gasteiger partial charge in [-0.05, 0) is 38.3 Å². The van der Waals surface area contributed by atoms with Gasteiger partial charge in [0, 0.05) is 26.1 Å². The van der Waals surface area contributed by atoms with E-state index in [0.717, 1.165) is 24.9 Å². The zero-order valence-corrected chi connectivity index (χ0v) is 15.3. The first-order valence-corrected chi connectivity index (χ1v) is 9.28. The molecule has 4 rings (SSSR count). The molecule has 0 saturated carbocycles. The van der Waals surface area contributed by atoms with Gasteiger partial charge in [-0.3, -0.25) is 9.36 Å². The summed E-state index contributed by atoms with van der Waals surface area (Å²) in [5.74, 6) is 1.04. The Morgan fingerprint density at radius 1 is 1.33 bits per heavy atom. The number of likely N-dealkylation sites (tertiary alicyclic amines) is 1. The summed E-state index contributed by atoms with van der Waals surface area (Å²) in [7, 11) is 0. The van der Waals surface area contributed by atoms with Crippen LogP contribution in [-0.2, 0) is 11.3 Å². The minimum absolute atomic E-state index is 0.0942. The van der Waals surface area contributed by atoms with Crippen LogP contribution in [0.5, 0.6) is 0 Å². The van der Waals surface area contributed by atoms with Crippen molar-refractivity contribution in [2.24, 2.45) is 0 Å². The van der Waals surface area contributed by atoms with Gasteiger partial charge in [-0.1, -0.05) is 17.3 Å². The molecule has 1 aliphatic rings. The van der Waals surface area contributed by atoms with Crippen LogP contribution in [0.4, 0.5) is 0 Å². The minimum Gasteiger partial charge on any atom is -0.408 e. The Labute approximate surface area is 155 Å². The molecule has 0 spiro atoms. The molecule has 1 aliphatic heterocycles. The van der Waals surface area contributed by atoms with Gasteiger partial charge in [-0.15, -0.1) is 0 Å². The predicted octanol–water partition coefficient (Wildman–Crippen LogP) is 2.47. The van der Waals surface area contributed by atoms with E-state index in [-0.39, 0.29) is 17.6 Å². The van der Waals surface area contributed by atoms with Crippen molar-refractivity contribution in [1.29, 1.82) is 0 Å². The second kappa shape index (κ2) is 7.38. The number of benzene rings is 1. The zero-order valence-electron chi connectivity index (χ0n) is 15.3. The smallest absolute Gasteiger partial charge is 0.408 e. The van der Waals surface area contributed by atoms with Gasteiger partial charge < -0.3 is 13.8 Å². The zero-order chi connectivity index (χ0) is 18.8. The number of oxazole rings is 1. The average molecular weight is 370 g/mol. The Hall–Kier alpha value is -2.90. The van der Waals surface area contributed by atoms with Gasteiger partial charge in [-0.25, -0.2) is 4.79 Å². The molecule has 2 aromatic heterocycles. The van der Waals surface area contributed by atoms with Crippen LogP contribution in [0.15, 0.2) is 38.0 Å². The van der Waals surface area contributed by atoms with E-state index < -0.39 is 0 Å². The maximum absolute atomic E-state index is 12.6. The number of para-hydroxylation sites is 2. The highest BCUT2D eigenvalue weighted by molar-refractivity contribution is 5.76. The molecule has 8 heteroatoms. The molecule has 1 saturated heterocycles. The lowest BCUT2D eigenvalue weighted by Gasteiger charge is -2.31. The van der Waals surface area contributed by atoms with E-state index in [1.54, 1.807) is 17.6 Å². The van der Waals surface area contributed by atoms with Gasteiger partial charge in [0.1, 0.15) is 0 Å². The van der Waals surface area contributed by atoms with E-state index in [2.05, 4.69) is 10.1 Å². The van der Waals surface area contributed by atoms with Crippen LogP contribution in [-0.4, -0.2) is 38.6 Å². The number of piperidine rings is 1. The van der Waals surface area contributed by atoms with E-state index in [0.29, 0.717) is 43.2 Å². The summed E-state index contributed by atoms with van der Waals surface area (Å²) in [4.78, 5) is 30.8. The van der Waals surface area contributed by atoms with Crippen molar-refractivity contribution in [3.05, 3.63) is 46.5 Å². The number of carbonyl (C=O) groups is 1. The second-order valence-corrected chi connectivity index (χ2v) is 6.95. The highest BCUT2D eigenvalue weighted by Crippen LogP contribution is 2.26. The highest BCUT2D eigenvalue weighted by atomic mass is 16.5. The topological polar surface area (TPSA) is 94.4 Å². The number of amides is 1. The third kappa shape index (κ3) is 3.65. The van der Waals surface area contributed by atoms with E-state index in [9.17, 15) is 9.59 Å². The number of nitrogens with zero attached hydrogens (tertiary/aromatic N) is 4. The van der Waals surface area contributed by atoms with Crippen molar-refractivity contribution in [2.75, 3.05) is 13.1 Å². The molecular weight excluding hydrogens is 348 g/mol. The van der Waals surface area contributed by atoms with Gasteiger partial charge in [0.15, 0.2) is 11.4 Å². The molecule has 3 aromatic rings. The van der Waals surface area contributed by atoms with E-state index in [4.69, 9.17) is 8.94 Å². The van der Waals surface area contributed by atoms with Gasteiger partial charge >= 0.3 is 5.76 Å². The Morgan fingerprint density at radius 3 is 3.00 bits per heavy atom. The Kier molecular flexibility index (Phi) is 4.79. The van der Waals surface area contributed by atoms with Crippen molar-refractivity contribution in [3.63, 3.8) is 0 Å². The summed E-state index contributed by atoms with van der Waals surface area (Å²) in [6.45, 7) is 3.61. The fourth-order valence-electron chi connectivity index (χ4n) is 3.66. The molecule has 1 amide bonds. The molecule has 8 nitrogen and oxygen atoms in total. The summed E-state index contributed by atoms with van der Waals surface area (Å²) in [6.07, 6.45) is 2.84. The largest absolute Gasteiger partial charge is 0.419 e. The summed E-state index contributed by atoms with van der Waals surface area (Å²) in [5, 5.41) is 3.84. The standard InChI is InChI=1S/C19H22N4O4/c1-13-20-18(27-21-13)14-6-4-10-22(12-14)17(24)9-5-11-23-15-7-2-3-8-16(15)26-19(23)25/h2-3,7-8,14H,4-6,9-12H2,1H3. The van der Waals surface area contributed by atoms with Crippen LogP contribution in [0, 0.1) is 6.92 Å². The molecule has 142 valence electrons. The fourth-order valence-corrected chi connectivity index (χ4v) is 3.66. The maximum atomic E-state index is 12.6. The summed E-state index contributed by atoms with van der Waals surface area (Å²) < 4.78 is 12.1. The van der Waals surface area contributed by atoms with Gasteiger partial charge in [0.25, 0.3) is 0 Å². The first kappa shape index (κ1) is 17.5. The molecular formula is C19H22N4O4. The monoisotopic (exact) mass is 370 g/mol. The first-order chi connectivity index (χ1) is 13.1. The van der Waals surface area contributed by atoms with E-state index in [1.807, 2.05) is 23.1 Å². The number of fused-ring (bicyclic) bond motifs is 1. The summed E-state index contributed by atoms with van der Waals surface area (Å²) in [6, 6.07) is 7.32. The lowest BCUT2D eigenvalue weighted by atomic mass is 9.97. The molecule has 0 radical (unpaired) electrons. The van der Waals surface area contributed by atoms with Crippen LogP contribution in [0.3, 0.4) is 0 Å². The Bertz CT molecular complexity index is 1000. The number of hydrogen-bond acceptors (Lipinski definition) is 6.